The van der Waals surface area contributed by atoms with Crippen molar-refractivity contribution in [1.82, 2.24) is 4.72 Å². The number of rotatable bonds is 5. The van der Waals surface area contributed by atoms with Crippen LogP contribution in [-0.2, 0) is 26.7 Å². The van der Waals surface area contributed by atoms with Crippen molar-refractivity contribution in [3.05, 3.63) is 35.4 Å². The van der Waals surface area contributed by atoms with Crippen molar-refractivity contribution in [1.29, 1.82) is 0 Å². The SMILES string of the molecule is CC.CC.CCc1ccccc1C(C)(C)C(C)(C)C(=O)NS(C)(=O)=O. The molecule has 0 radical (unpaired) electrons. The molecule has 1 rings (SSSR count). The van der Waals surface area contributed by atoms with Crippen LogP contribution in [0.2, 0.25) is 0 Å². The first-order chi connectivity index (χ1) is 11.4. The molecule has 0 heterocycles. The van der Waals surface area contributed by atoms with Crippen LogP contribution in [0.4, 0.5) is 0 Å². The predicted molar refractivity (Wildman–Crippen MR) is 108 cm³/mol. The number of sulfonamides is 1. The Morgan fingerprint density at radius 2 is 1.44 bits per heavy atom. The number of amides is 1. The Bertz CT molecular complexity index is 632. The Kier molecular flexibility index (Phi) is 11.0. The molecule has 0 aliphatic rings. The molecule has 0 fully saturated rings. The van der Waals surface area contributed by atoms with Gasteiger partial charge in [-0.3, -0.25) is 9.52 Å². The van der Waals surface area contributed by atoms with Crippen molar-refractivity contribution >= 4 is 15.9 Å². The second kappa shape index (κ2) is 10.6. The molecular weight excluding hydrogens is 334 g/mol. The molecule has 1 amide bonds. The van der Waals surface area contributed by atoms with Gasteiger partial charge in [0, 0.05) is 5.41 Å². The van der Waals surface area contributed by atoms with E-state index < -0.39 is 26.8 Å². The van der Waals surface area contributed by atoms with Crippen LogP contribution in [0.15, 0.2) is 24.3 Å². The van der Waals surface area contributed by atoms with Crippen LogP contribution in [0.5, 0.6) is 0 Å². The summed E-state index contributed by atoms with van der Waals surface area (Å²) >= 11 is 0. The Balaban J connectivity index is 0. The molecule has 0 spiro atoms. The molecular formula is C20H37NO3S. The van der Waals surface area contributed by atoms with Crippen molar-refractivity contribution < 1.29 is 13.2 Å². The summed E-state index contributed by atoms with van der Waals surface area (Å²) in [5.41, 5.74) is 0.860. The molecule has 1 aromatic rings. The van der Waals surface area contributed by atoms with Gasteiger partial charge in [-0.15, -0.1) is 0 Å². The van der Waals surface area contributed by atoms with Crippen LogP contribution in [-0.4, -0.2) is 20.6 Å². The van der Waals surface area contributed by atoms with Crippen molar-refractivity contribution in [3.63, 3.8) is 0 Å². The average molecular weight is 372 g/mol. The van der Waals surface area contributed by atoms with E-state index in [1.54, 1.807) is 13.8 Å². The van der Waals surface area contributed by atoms with Crippen molar-refractivity contribution in [3.8, 4) is 0 Å². The van der Waals surface area contributed by atoms with Crippen LogP contribution in [0.3, 0.4) is 0 Å². The molecule has 25 heavy (non-hydrogen) atoms. The fourth-order valence-electron chi connectivity index (χ4n) is 2.35. The van der Waals surface area contributed by atoms with Crippen LogP contribution in [0.1, 0.15) is 73.4 Å². The molecule has 0 unspecified atom stereocenters. The highest BCUT2D eigenvalue weighted by Gasteiger charge is 2.45. The summed E-state index contributed by atoms with van der Waals surface area (Å²) < 4.78 is 24.8. The van der Waals surface area contributed by atoms with E-state index in [9.17, 15) is 13.2 Å². The van der Waals surface area contributed by atoms with Gasteiger partial charge < -0.3 is 0 Å². The maximum absolute atomic E-state index is 12.4. The summed E-state index contributed by atoms with van der Waals surface area (Å²) in [5, 5.41) is 0. The van der Waals surface area contributed by atoms with Gasteiger partial charge in [0.05, 0.1) is 11.7 Å². The summed E-state index contributed by atoms with van der Waals surface area (Å²) in [7, 11) is -3.56. The predicted octanol–water partition coefficient (Wildman–Crippen LogP) is 4.68. The molecule has 4 nitrogen and oxygen atoms in total. The highest BCUT2D eigenvalue weighted by molar-refractivity contribution is 7.89. The van der Waals surface area contributed by atoms with E-state index in [0.29, 0.717) is 0 Å². The zero-order chi connectivity index (χ0) is 20.5. The quantitative estimate of drug-likeness (QED) is 0.817. The minimum absolute atomic E-state index is 0.485. The molecule has 0 saturated carbocycles. The van der Waals surface area contributed by atoms with Crippen molar-refractivity contribution in [2.24, 2.45) is 5.41 Å². The topological polar surface area (TPSA) is 63.2 Å². The molecule has 0 bridgehead atoms. The Morgan fingerprint density at radius 1 is 1.00 bits per heavy atom. The third kappa shape index (κ3) is 6.81. The molecule has 0 aromatic heterocycles. The van der Waals surface area contributed by atoms with E-state index in [1.165, 1.54) is 5.56 Å². The normalized spacial score (nSPS) is 11.4. The Morgan fingerprint density at radius 3 is 1.84 bits per heavy atom. The molecule has 5 heteroatoms. The van der Waals surface area contributed by atoms with Crippen molar-refractivity contribution in [2.45, 2.75) is 74.1 Å². The van der Waals surface area contributed by atoms with Crippen molar-refractivity contribution in [2.75, 3.05) is 6.26 Å². The summed E-state index contributed by atoms with van der Waals surface area (Å²) in [6.45, 7) is 17.6. The van der Waals surface area contributed by atoms with Gasteiger partial charge in [0.2, 0.25) is 15.9 Å². The number of hydrogen-bond acceptors (Lipinski definition) is 3. The lowest BCUT2D eigenvalue weighted by Crippen LogP contribution is -2.50. The van der Waals surface area contributed by atoms with Crippen LogP contribution in [0, 0.1) is 5.41 Å². The molecule has 0 saturated heterocycles. The minimum Gasteiger partial charge on any atom is -0.273 e. The van der Waals surface area contributed by atoms with Crippen LogP contribution in [0.25, 0.3) is 0 Å². The summed E-state index contributed by atoms with van der Waals surface area (Å²) in [5.74, 6) is -0.485. The smallest absolute Gasteiger partial charge is 0.239 e. The fourth-order valence-corrected chi connectivity index (χ4v) is 2.95. The van der Waals surface area contributed by atoms with Gasteiger partial charge in [-0.25, -0.2) is 8.42 Å². The maximum Gasteiger partial charge on any atom is 0.239 e. The third-order valence-electron chi connectivity index (χ3n) is 4.48. The maximum atomic E-state index is 12.4. The van der Waals surface area contributed by atoms with Gasteiger partial charge in [0.25, 0.3) is 0 Å². The minimum atomic E-state index is -3.56. The van der Waals surface area contributed by atoms with Gasteiger partial charge >= 0.3 is 0 Å². The highest BCUT2D eigenvalue weighted by atomic mass is 32.2. The van der Waals surface area contributed by atoms with E-state index in [0.717, 1.165) is 18.2 Å². The standard InChI is InChI=1S/C16H25NO3S.2C2H6/c1-7-12-10-8-9-11-13(12)15(2,3)16(4,5)14(18)17-21(6,19)20;2*1-2/h8-11H,7H2,1-6H3,(H,17,18);2*1-2H3. The van der Waals surface area contributed by atoms with Gasteiger partial charge in [-0.1, -0.05) is 86.6 Å². The number of benzene rings is 1. The number of carbonyl (C=O) groups excluding carboxylic acids is 1. The first-order valence-corrected chi connectivity index (χ1v) is 10.9. The number of carbonyl (C=O) groups is 1. The number of hydrogen-bond donors (Lipinski definition) is 1. The zero-order valence-electron chi connectivity index (χ0n) is 17.6. The van der Waals surface area contributed by atoms with Gasteiger partial charge in [0.15, 0.2) is 0 Å². The summed E-state index contributed by atoms with van der Waals surface area (Å²) in [6, 6.07) is 7.97. The molecule has 0 aliphatic carbocycles. The van der Waals surface area contributed by atoms with E-state index >= 15 is 0 Å². The largest absolute Gasteiger partial charge is 0.273 e. The molecule has 0 atom stereocenters. The lowest BCUT2D eigenvalue weighted by atomic mass is 9.62. The number of aryl methyl sites for hydroxylation is 1. The van der Waals surface area contributed by atoms with Gasteiger partial charge in [-0.05, 0) is 17.5 Å². The first kappa shape index (κ1) is 25.9. The number of nitrogens with one attached hydrogen (secondary N) is 1. The lowest BCUT2D eigenvalue weighted by molar-refractivity contribution is -0.130. The second-order valence-electron chi connectivity index (χ2n) is 6.46. The average Bonchev–Trinajstić information content (AvgIpc) is 2.56. The van der Waals surface area contributed by atoms with E-state index in [2.05, 4.69) is 11.6 Å². The lowest BCUT2D eigenvalue weighted by Gasteiger charge is -2.41. The molecule has 0 aliphatic heterocycles. The van der Waals surface area contributed by atoms with Gasteiger partial charge in [0.1, 0.15) is 0 Å². The zero-order valence-corrected chi connectivity index (χ0v) is 18.5. The van der Waals surface area contributed by atoms with E-state index in [-0.39, 0.29) is 0 Å². The van der Waals surface area contributed by atoms with E-state index in [4.69, 9.17) is 0 Å². The molecule has 1 N–H and O–H groups in total. The Labute approximate surface area is 155 Å². The Hall–Kier alpha value is -1.36. The van der Waals surface area contributed by atoms with Crippen LogP contribution >= 0.6 is 0 Å². The monoisotopic (exact) mass is 371 g/mol. The fraction of sp³-hybridized carbons (Fsp3) is 0.650. The molecule has 146 valence electrons. The highest BCUT2D eigenvalue weighted by Crippen LogP contribution is 2.43. The van der Waals surface area contributed by atoms with Gasteiger partial charge in [-0.2, -0.15) is 0 Å². The first-order valence-electron chi connectivity index (χ1n) is 9.04. The second-order valence-corrected chi connectivity index (χ2v) is 8.21. The third-order valence-corrected chi connectivity index (χ3v) is 5.04. The van der Waals surface area contributed by atoms with E-state index in [1.807, 2.05) is 65.8 Å². The summed E-state index contributed by atoms with van der Waals surface area (Å²) in [6.07, 6.45) is 1.86. The summed E-state index contributed by atoms with van der Waals surface area (Å²) in [4.78, 5) is 12.4. The molecule has 1 aromatic carbocycles. The van der Waals surface area contributed by atoms with Crippen LogP contribution < -0.4 is 4.72 Å².